The van der Waals surface area contributed by atoms with E-state index in [2.05, 4.69) is 10.3 Å². The molecule has 0 aliphatic heterocycles. The summed E-state index contributed by atoms with van der Waals surface area (Å²) in [5.74, 6) is 1.81. The number of aliphatic hydroxyl groups excluding tert-OH is 1. The van der Waals surface area contributed by atoms with E-state index in [-0.39, 0.29) is 25.1 Å². The summed E-state index contributed by atoms with van der Waals surface area (Å²) in [6.45, 7) is 1.82. The van der Waals surface area contributed by atoms with Gasteiger partial charge in [0.15, 0.2) is 5.82 Å². The Morgan fingerprint density at radius 3 is 2.96 bits per heavy atom. The van der Waals surface area contributed by atoms with Crippen LogP contribution in [0, 0.1) is 0 Å². The lowest BCUT2D eigenvalue weighted by Crippen LogP contribution is -2.41. The molecule has 8 heteroatoms. The van der Waals surface area contributed by atoms with Gasteiger partial charge in [0.25, 0.3) is 0 Å². The minimum Gasteiger partial charge on any atom is -0.497 e. The highest BCUT2D eigenvalue weighted by Gasteiger charge is 2.23. The number of nitrogens with zero attached hydrogens (tertiary/aromatic N) is 4. The third-order valence-electron chi connectivity index (χ3n) is 4.53. The number of aromatic nitrogens is 3. The predicted molar refractivity (Wildman–Crippen MR) is 102 cm³/mol. The third-order valence-corrected chi connectivity index (χ3v) is 4.53. The van der Waals surface area contributed by atoms with Crippen LogP contribution in [-0.2, 0) is 17.6 Å². The van der Waals surface area contributed by atoms with Crippen molar-refractivity contribution in [3.8, 4) is 17.3 Å². The smallest absolute Gasteiger partial charge is 0.239 e. The van der Waals surface area contributed by atoms with E-state index < -0.39 is 0 Å². The third kappa shape index (κ3) is 4.33. The highest BCUT2D eigenvalue weighted by molar-refractivity contribution is 5.81. The van der Waals surface area contributed by atoms with E-state index in [1.807, 2.05) is 11.9 Å². The molecule has 1 aliphatic rings. The average Bonchev–Trinajstić information content (AvgIpc) is 3.15. The van der Waals surface area contributed by atoms with Crippen molar-refractivity contribution < 1.29 is 14.6 Å². The molecule has 27 heavy (non-hydrogen) atoms. The minimum atomic E-state index is -0.279. The van der Waals surface area contributed by atoms with Crippen LogP contribution in [0.5, 0.6) is 5.75 Å². The fourth-order valence-electron chi connectivity index (χ4n) is 3.16. The second-order valence-electron chi connectivity index (χ2n) is 6.74. The number of nitrogens with one attached hydrogen (secondary N) is 1. The van der Waals surface area contributed by atoms with Crippen LogP contribution in [0.2, 0.25) is 0 Å². The number of fused-ring (bicyclic) bond motifs is 1. The van der Waals surface area contributed by atoms with Crippen molar-refractivity contribution in [1.82, 2.24) is 20.3 Å². The fraction of sp³-hybridized carbons (Fsp3) is 0.474. The number of carbonyl (C=O) groups excluding carboxylic acids is 1. The molecule has 1 amide bonds. The first-order chi connectivity index (χ1) is 13.0. The van der Waals surface area contributed by atoms with Gasteiger partial charge < -0.3 is 20.1 Å². The van der Waals surface area contributed by atoms with Crippen LogP contribution in [0.3, 0.4) is 0 Å². The predicted octanol–water partition coefficient (Wildman–Crippen LogP) is 0.969. The Hall–Kier alpha value is -2.74. The molecule has 0 spiro atoms. The fourth-order valence-corrected chi connectivity index (χ4v) is 3.16. The molecule has 3 rings (SSSR count). The van der Waals surface area contributed by atoms with Crippen molar-refractivity contribution in [2.24, 2.45) is 0 Å². The molecule has 0 bridgehead atoms. The molecule has 144 valence electrons. The Kier molecular flexibility index (Phi) is 5.85. The van der Waals surface area contributed by atoms with Crippen molar-refractivity contribution in [3.63, 3.8) is 0 Å². The molecule has 2 N–H and O–H groups in total. The molecule has 0 aromatic carbocycles. The summed E-state index contributed by atoms with van der Waals surface area (Å²) in [5, 5.41) is 11.9. The van der Waals surface area contributed by atoms with Crippen LogP contribution in [-0.4, -0.2) is 59.3 Å². The maximum atomic E-state index is 12.2. The lowest BCUT2D eigenvalue weighted by atomic mass is 10.2. The van der Waals surface area contributed by atoms with Crippen LogP contribution in [0.1, 0.15) is 24.6 Å². The minimum absolute atomic E-state index is 0.0932. The van der Waals surface area contributed by atoms with Crippen LogP contribution in [0.15, 0.2) is 18.3 Å². The normalized spacial score (nSPS) is 13.8. The van der Waals surface area contributed by atoms with Gasteiger partial charge in [-0.3, -0.25) is 9.78 Å². The number of ether oxygens (including phenoxy) is 1. The number of aliphatic hydroxyl groups is 1. The van der Waals surface area contributed by atoms with E-state index in [0.717, 1.165) is 36.3 Å². The Labute approximate surface area is 158 Å². The number of anilines is 1. The highest BCUT2D eigenvalue weighted by atomic mass is 16.5. The number of hydrogen-bond acceptors (Lipinski definition) is 7. The van der Waals surface area contributed by atoms with Crippen LogP contribution in [0.4, 0.5) is 5.82 Å². The monoisotopic (exact) mass is 371 g/mol. The molecule has 1 atom stereocenters. The summed E-state index contributed by atoms with van der Waals surface area (Å²) in [7, 11) is 3.45. The molecule has 2 aromatic heterocycles. The van der Waals surface area contributed by atoms with E-state index in [1.54, 1.807) is 32.4 Å². The number of aryl methyl sites for hydroxylation is 1. The molecule has 0 saturated heterocycles. The lowest BCUT2D eigenvalue weighted by Gasteiger charge is -2.22. The standard InChI is InChI=1S/C19H25N5O3/c1-12(11-25)21-17(26)10-24(2)19-14-5-4-6-15(14)22-18(23-19)16-9-13(27-3)7-8-20-16/h7-9,12,25H,4-6,10-11H2,1-3H3,(H,21,26)/t12-/m0/s1. The van der Waals surface area contributed by atoms with Gasteiger partial charge in [0.2, 0.25) is 5.91 Å². The van der Waals surface area contributed by atoms with Crippen molar-refractivity contribution >= 4 is 11.7 Å². The molecule has 1 aliphatic carbocycles. The summed E-state index contributed by atoms with van der Waals surface area (Å²) in [6, 6.07) is 3.30. The molecule has 8 nitrogen and oxygen atoms in total. The topological polar surface area (TPSA) is 100 Å². The zero-order chi connectivity index (χ0) is 19.4. The van der Waals surface area contributed by atoms with E-state index >= 15 is 0 Å². The van der Waals surface area contributed by atoms with E-state index in [9.17, 15) is 4.79 Å². The molecule has 2 heterocycles. The molecule has 0 saturated carbocycles. The van der Waals surface area contributed by atoms with E-state index in [4.69, 9.17) is 19.8 Å². The van der Waals surface area contributed by atoms with Gasteiger partial charge in [0.05, 0.1) is 20.3 Å². The second-order valence-corrected chi connectivity index (χ2v) is 6.74. The van der Waals surface area contributed by atoms with Crippen molar-refractivity contribution in [1.29, 1.82) is 0 Å². The lowest BCUT2D eigenvalue weighted by molar-refractivity contribution is -0.120. The summed E-state index contributed by atoms with van der Waals surface area (Å²) >= 11 is 0. The van der Waals surface area contributed by atoms with Crippen molar-refractivity contribution in [3.05, 3.63) is 29.6 Å². The van der Waals surface area contributed by atoms with Gasteiger partial charge in [-0.1, -0.05) is 0 Å². The number of carbonyl (C=O) groups is 1. The number of pyridine rings is 1. The first kappa shape index (κ1) is 19.0. The van der Waals surface area contributed by atoms with Crippen molar-refractivity contribution in [2.75, 3.05) is 32.2 Å². The number of hydrogen-bond donors (Lipinski definition) is 2. The second kappa shape index (κ2) is 8.30. The SMILES string of the molecule is COc1ccnc(-c2nc3c(c(N(C)CC(=O)N[C@@H](C)CO)n2)CCC3)c1. The van der Waals surface area contributed by atoms with Gasteiger partial charge in [-0.2, -0.15) is 0 Å². The molecule has 0 unspecified atom stereocenters. The number of rotatable bonds is 7. The number of likely N-dealkylation sites (N-methyl/N-ethyl adjacent to an activating group) is 1. The van der Waals surface area contributed by atoms with E-state index in [0.29, 0.717) is 17.3 Å². The van der Waals surface area contributed by atoms with Gasteiger partial charge in [-0.25, -0.2) is 9.97 Å². The van der Waals surface area contributed by atoms with Gasteiger partial charge in [0, 0.05) is 36.6 Å². The molecular formula is C19H25N5O3. The summed E-state index contributed by atoms with van der Waals surface area (Å²) < 4.78 is 5.27. The maximum absolute atomic E-state index is 12.2. The Morgan fingerprint density at radius 1 is 1.41 bits per heavy atom. The van der Waals surface area contributed by atoms with Crippen molar-refractivity contribution in [2.45, 2.75) is 32.2 Å². The first-order valence-electron chi connectivity index (χ1n) is 9.03. The van der Waals surface area contributed by atoms with Gasteiger partial charge in [0.1, 0.15) is 17.3 Å². The van der Waals surface area contributed by atoms with Crippen LogP contribution >= 0.6 is 0 Å². The quantitative estimate of drug-likeness (QED) is 0.748. The Morgan fingerprint density at radius 2 is 2.22 bits per heavy atom. The molecule has 0 radical (unpaired) electrons. The highest BCUT2D eigenvalue weighted by Crippen LogP contribution is 2.31. The Bertz CT molecular complexity index is 827. The molecule has 0 fully saturated rings. The molecule has 2 aromatic rings. The van der Waals surface area contributed by atoms with Gasteiger partial charge >= 0.3 is 0 Å². The summed E-state index contributed by atoms with van der Waals surface area (Å²) in [6.07, 6.45) is 4.48. The van der Waals surface area contributed by atoms with Crippen LogP contribution < -0.4 is 15.0 Å². The Balaban J connectivity index is 1.90. The van der Waals surface area contributed by atoms with Gasteiger partial charge in [-0.15, -0.1) is 0 Å². The number of methoxy groups -OCH3 is 1. The zero-order valence-corrected chi connectivity index (χ0v) is 15.9. The van der Waals surface area contributed by atoms with E-state index in [1.165, 1.54) is 0 Å². The summed E-state index contributed by atoms with van der Waals surface area (Å²) in [4.78, 5) is 27.8. The first-order valence-corrected chi connectivity index (χ1v) is 9.03. The largest absolute Gasteiger partial charge is 0.497 e. The molecular weight excluding hydrogens is 346 g/mol. The zero-order valence-electron chi connectivity index (χ0n) is 15.9. The van der Waals surface area contributed by atoms with Crippen LogP contribution in [0.25, 0.3) is 11.5 Å². The summed E-state index contributed by atoms with van der Waals surface area (Å²) in [5.41, 5.74) is 2.74. The maximum Gasteiger partial charge on any atom is 0.239 e. The van der Waals surface area contributed by atoms with Gasteiger partial charge in [-0.05, 0) is 32.3 Å². The number of amides is 1. The average molecular weight is 371 g/mol.